The van der Waals surface area contributed by atoms with E-state index in [2.05, 4.69) is 14.9 Å². The van der Waals surface area contributed by atoms with Gasteiger partial charge in [-0.2, -0.15) is 0 Å². The summed E-state index contributed by atoms with van der Waals surface area (Å²) < 4.78 is 0. The van der Waals surface area contributed by atoms with Gasteiger partial charge >= 0.3 is 0 Å². The van der Waals surface area contributed by atoms with Crippen LogP contribution >= 0.6 is 23.4 Å². The first kappa shape index (κ1) is 12.0. The van der Waals surface area contributed by atoms with Crippen LogP contribution in [-0.4, -0.2) is 41.0 Å². The molecular weight excluding hydrogens is 246 g/mol. The van der Waals surface area contributed by atoms with Crippen molar-refractivity contribution in [1.29, 1.82) is 0 Å². The number of hydrogen-bond donors (Lipinski definition) is 1. The molecule has 1 atom stereocenters. The van der Waals surface area contributed by atoms with Crippen molar-refractivity contribution in [2.45, 2.75) is 11.6 Å². The summed E-state index contributed by atoms with van der Waals surface area (Å²) >= 11 is 7.42. The predicted octanol–water partition coefficient (Wildman–Crippen LogP) is 1.67. The second-order valence-electron chi connectivity index (χ2n) is 3.82. The van der Waals surface area contributed by atoms with Gasteiger partial charge in [-0.25, -0.2) is 9.97 Å². The van der Waals surface area contributed by atoms with E-state index < -0.39 is 0 Å². The summed E-state index contributed by atoms with van der Waals surface area (Å²) in [6.07, 6.45) is 2.93. The van der Waals surface area contributed by atoms with Crippen LogP contribution in [0.1, 0.15) is 6.42 Å². The maximum atomic E-state index is 9.10. The fraction of sp³-hybridized carbons (Fsp3) is 0.600. The highest BCUT2D eigenvalue weighted by atomic mass is 35.5. The summed E-state index contributed by atoms with van der Waals surface area (Å²) in [6.45, 7) is 2.01. The van der Waals surface area contributed by atoms with Gasteiger partial charge in [0, 0.05) is 31.7 Å². The highest BCUT2D eigenvalue weighted by molar-refractivity contribution is 7.98. The monoisotopic (exact) mass is 259 g/mol. The van der Waals surface area contributed by atoms with E-state index in [1.165, 1.54) is 11.8 Å². The van der Waals surface area contributed by atoms with Gasteiger partial charge in [0.2, 0.25) is 0 Å². The minimum atomic E-state index is 0.241. The molecule has 4 nitrogen and oxygen atoms in total. The Morgan fingerprint density at radius 3 is 3.06 bits per heavy atom. The zero-order valence-electron chi connectivity index (χ0n) is 9.06. The van der Waals surface area contributed by atoms with Crippen LogP contribution in [0, 0.1) is 5.92 Å². The first-order valence-corrected chi connectivity index (χ1v) is 6.77. The number of nitrogens with zero attached hydrogens (tertiary/aromatic N) is 3. The topological polar surface area (TPSA) is 49.2 Å². The lowest BCUT2D eigenvalue weighted by Gasteiger charge is -2.17. The molecule has 0 aliphatic carbocycles. The largest absolute Gasteiger partial charge is 0.396 e. The van der Waals surface area contributed by atoms with Crippen molar-refractivity contribution in [1.82, 2.24) is 9.97 Å². The van der Waals surface area contributed by atoms with Crippen LogP contribution in [0.25, 0.3) is 0 Å². The molecule has 6 heteroatoms. The molecule has 1 aliphatic heterocycles. The zero-order valence-corrected chi connectivity index (χ0v) is 10.6. The first-order valence-electron chi connectivity index (χ1n) is 5.17. The molecule has 1 aromatic heterocycles. The maximum Gasteiger partial charge on any atom is 0.190 e. The van der Waals surface area contributed by atoms with E-state index in [4.69, 9.17) is 16.7 Å². The fourth-order valence-corrected chi connectivity index (χ4v) is 2.43. The molecular formula is C10H14ClN3OS. The van der Waals surface area contributed by atoms with Gasteiger partial charge in [-0.1, -0.05) is 23.4 Å². The molecule has 0 amide bonds. The molecule has 0 spiro atoms. The van der Waals surface area contributed by atoms with Crippen molar-refractivity contribution in [3.8, 4) is 0 Å². The zero-order chi connectivity index (χ0) is 11.5. The van der Waals surface area contributed by atoms with Gasteiger partial charge in [-0.3, -0.25) is 0 Å². The van der Waals surface area contributed by atoms with Crippen LogP contribution in [0.4, 0.5) is 5.82 Å². The molecule has 2 heterocycles. The van der Waals surface area contributed by atoms with Crippen molar-refractivity contribution in [3.63, 3.8) is 0 Å². The Morgan fingerprint density at radius 2 is 2.44 bits per heavy atom. The van der Waals surface area contributed by atoms with Crippen LogP contribution in [0.3, 0.4) is 0 Å². The van der Waals surface area contributed by atoms with Crippen molar-refractivity contribution in [2.24, 2.45) is 5.92 Å². The Morgan fingerprint density at radius 1 is 1.62 bits per heavy atom. The minimum absolute atomic E-state index is 0.241. The summed E-state index contributed by atoms with van der Waals surface area (Å²) in [5.41, 5.74) is 0. The molecule has 1 fully saturated rings. The van der Waals surface area contributed by atoms with Crippen molar-refractivity contribution in [3.05, 3.63) is 11.2 Å². The lowest BCUT2D eigenvalue weighted by molar-refractivity contribution is 0.238. The number of rotatable bonds is 3. The SMILES string of the molecule is CSc1nc(Cl)cc(N2CC[C@@H](CO)C2)n1. The minimum Gasteiger partial charge on any atom is -0.396 e. The van der Waals surface area contributed by atoms with E-state index in [0.717, 1.165) is 25.3 Å². The average Bonchev–Trinajstić information content (AvgIpc) is 2.76. The molecule has 0 radical (unpaired) electrons. The summed E-state index contributed by atoms with van der Waals surface area (Å²) in [4.78, 5) is 10.7. The molecule has 16 heavy (non-hydrogen) atoms. The van der Waals surface area contributed by atoms with Crippen LogP contribution in [0.5, 0.6) is 0 Å². The van der Waals surface area contributed by atoms with Crippen LogP contribution in [0.15, 0.2) is 11.2 Å². The third kappa shape index (κ3) is 2.59. The third-order valence-corrected chi connectivity index (χ3v) is 3.45. The van der Waals surface area contributed by atoms with E-state index >= 15 is 0 Å². The van der Waals surface area contributed by atoms with E-state index in [-0.39, 0.29) is 6.61 Å². The standard InChI is InChI=1S/C10H14ClN3OS/c1-16-10-12-8(11)4-9(13-10)14-3-2-7(5-14)6-15/h4,7,15H,2-3,5-6H2,1H3/t7-/m1/s1. The van der Waals surface area contributed by atoms with Gasteiger partial charge in [0.15, 0.2) is 5.16 Å². The molecule has 0 bridgehead atoms. The quantitative estimate of drug-likeness (QED) is 0.508. The predicted molar refractivity (Wildman–Crippen MR) is 66.2 cm³/mol. The van der Waals surface area contributed by atoms with Gasteiger partial charge in [0.25, 0.3) is 0 Å². The van der Waals surface area contributed by atoms with Gasteiger partial charge in [0.05, 0.1) is 0 Å². The number of halogens is 1. The summed E-state index contributed by atoms with van der Waals surface area (Å²) in [5.74, 6) is 1.21. The summed E-state index contributed by atoms with van der Waals surface area (Å²) in [6, 6.07) is 1.78. The second-order valence-corrected chi connectivity index (χ2v) is 4.98. The normalized spacial score (nSPS) is 20.4. The molecule has 2 rings (SSSR count). The molecule has 88 valence electrons. The highest BCUT2D eigenvalue weighted by Crippen LogP contribution is 2.25. The molecule has 1 aliphatic rings. The molecule has 0 aromatic carbocycles. The first-order chi connectivity index (χ1) is 7.72. The van der Waals surface area contributed by atoms with Crippen LogP contribution < -0.4 is 4.90 Å². The number of aliphatic hydroxyl groups is 1. The Balaban J connectivity index is 2.17. The highest BCUT2D eigenvalue weighted by Gasteiger charge is 2.23. The van der Waals surface area contributed by atoms with Gasteiger partial charge in [-0.15, -0.1) is 0 Å². The molecule has 0 unspecified atom stereocenters. The smallest absolute Gasteiger partial charge is 0.190 e. The van der Waals surface area contributed by atoms with Crippen molar-refractivity contribution in [2.75, 3.05) is 30.9 Å². The van der Waals surface area contributed by atoms with Crippen LogP contribution in [0.2, 0.25) is 5.15 Å². The van der Waals surface area contributed by atoms with E-state index in [0.29, 0.717) is 16.2 Å². The molecule has 0 saturated carbocycles. The van der Waals surface area contributed by atoms with E-state index in [9.17, 15) is 0 Å². The Hall–Kier alpha value is -0.520. The summed E-state index contributed by atoms with van der Waals surface area (Å²) in [7, 11) is 0. The van der Waals surface area contributed by atoms with Crippen molar-refractivity contribution < 1.29 is 5.11 Å². The second kappa shape index (κ2) is 5.21. The van der Waals surface area contributed by atoms with E-state index in [1.807, 2.05) is 6.26 Å². The Labute approximate surface area is 104 Å². The lowest BCUT2D eigenvalue weighted by Crippen LogP contribution is -2.22. The fourth-order valence-electron chi connectivity index (χ4n) is 1.83. The number of aliphatic hydroxyl groups excluding tert-OH is 1. The van der Waals surface area contributed by atoms with Gasteiger partial charge < -0.3 is 10.0 Å². The average molecular weight is 260 g/mol. The van der Waals surface area contributed by atoms with Gasteiger partial charge in [0.1, 0.15) is 11.0 Å². The number of thioether (sulfide) groups is 1. The Bertz CT molecular complexity index is 377. The van der Waals surface area contributed by atoms with Gasteiger partial charge in [-0.05, 0) is 12.7 Å². The number of anilines is 1. The molecule has 1 aromatic rings. The molecule has 1 saturated heterocycles. The van der Waals surface area contributed by atoms with E-state index in [1.54, 1.807) is 6.07 Å². The van der Waals surface area contributed by atoms with Crippen molar-refractivity contribution >= 4 is 29.2 Å². The number of aromatic nitrogens is 2. The molecule has 1 N–H and O–H groups in total. The third-order valence-electron chi connectivity index (χ3n) is 2.71. The lowest BCUT2D eigenvalue weighted by atomic mass is 10.1. The van der Waals surface area contributed by atoms with Crippen LogP contribution in [-0.2, 0) is 0 Å². The maximum absolute atomic E-state index is 9.10. The number of hydrogen-bond acceptors (Lipinski definition) is 5. The summed E-state index contributed by atoms with van der Waals surface area (Å²) in [5, 5.41) is 10.3. The Kier molecular flexibility index (Phi) is 3.89.